The molecular formula is C11H19N3. The number of nitrogens with two attached hydrogens (primary N) is 2. The van der Waals surface area contributed by atoms with Crippen LogP contribution in [0.2, 0.25) is 0 Å². The molecule has 0 saturated heterocycles. The molecule has 0 aliphatic rings. The average Bonchev–Trinajstić information content (AvgIpc) is 2.20. The zero-order valence-electron chi connectivity index (χ0n) is 8.90. The second kappa shape index (κ2) is 4.96. The summed E-state index contributed by atoms with van der Waals surface area (Å²) in [6, 6.07) is 4.06. The van der Waals surface area contributed by atoms with Crippen molar-refractivity contribution < 1.29 is 0 Å². The molecule has 2 unspecified atom stereocenters. The molecule has 3 heteroatoms. The number of nitrogen functional groups attached to an aromatic ring is 1. The Balaban J connectivity index is 2.64. The van der Waals surface area contributed by atoms with Crippen LogP contribution in [0.15, 0.2) is 18.3 Å². The van der Waals surface area contributed by atoms with Gasteiger partial charge in [0.05, 0.1) is 0 Å². The van der Waals surface area contributed by atoms with Crippen LogP contribution >= 0.6 is 0 Å². The Morgan fingerprint density at radius 1 is 1.50 bits per heavy atom. The third-order valence-electron chi connectivity index (χ3n) is 2.76. The summed E-state index contributed by atoms with van der Waals surface area (Å²) in [6.07, 6.45) is 3.61. The minimum Gasteiger partial charge on any atom is -0.383 e. The average molecular weight is 193 g/mol. The fourth-order valence-electron chi connectivity index (χ4n) is 1.38. The van der Waals surface area contributed by atoms with Crippen LogP contribution < -0.4 is 11.5 Å². The van der Waals surface area contributed by atoms with Gasteiger partial charge >= 0.3 is 0 Å². The number of hydrogen-bond acceptors (Lipinski definition) is 3. The molecule has 78 valence electrons. The van der Waals surface area contributed by atoms with Crippen molar-refractivity contribution in [3.63, 3.8) is 0 Å². The second-order valence-electron chi connectivity index (χ2n) is 3.80. The molecule has 1 aromatic heterocycles. The van der Waals surface area contributed by atoms with E-state index in [4.69, 9.17) is 11.5 Å². The van der Waals surface area contributed by atoms with E-state index in [0.717, 1.165) is 18.4 Å². The van der Waals surface area contributed by atoms with Crippen molar-refractivity contribution >= 4 is 5.82 Å². The molecule has 0 bridgehead atoms. The van der Waals surface area contributed by atoms with Gasteiger partial charge in [-0.2, -0.15) is 0 Å². The lowest BCUT2D eigenvalue weighted by Gasteiger charge is -2.18. The smallest absolute Gasteiger partial charge is 0.126 e. The predicted octanol–water partition coefficient (Wildman–Crippen LogP) is 1.58. The maximum atomic E-state index is 6.05. The molecule has 2 atom stereocenters. The maximum absolute atomic E-state index is 6.05. The van der Waals surface area contributed by atoms with Gasteiger partial charge in [-0.25, -0.2) is 4.98 Å². The first-order valence-electron chi connectivity index (χ1n) is 5.10. The highest BCUT2D eigenvalue weighted by Crippen LogP contribution is 2.14. The van der Waals surface area contributed by atoms with Crippen molar-refractivity contribution in [2.45, 2.75) is 32.7 Å². The van der Waals surface area contributed by atoms with E-state index in [9.17, 15) is 0 Å². The zero-order chi connectivity index (χ0) is 10.6. The van der Waals surface area contributed by atoms with Crippen molar-refractivity contribution in [1.29, 1.82) is 0 Å². The number of pyridine rings is 1. The van der Waals surface area contributed by atoms with Crippen LogP contribution in [0.3, 0.4) is 0 Å². The standard InChI is InChI=1S/C11H19N3/c1-3-8(2)10(12)7-9-5-4-6-14-11(9)13/h4-6,8,10H,3,7,12H2,1-2H3,(H2,13,14). The monoisotopic (exact) mass is 193 g/mol. The molecule has 1 rings (SSSR count). The SMILES string of the molecule is CCC(C)C(N)Cc1cccnc1N. The third-order valence-corrected chi connectivity index (χ3v) is 2.76. The first-order chi connectivity index (χ1) is 6.65. The van der Waals surface area contributed by atoms with Crippen molar-refractivity contribution in [2.75, 3.05) is 5.73 Å². The number of anilines is 1. The summed E-state index contributed by atoms with van der Waals surface area (Å²) in [5.41, 5.74) is 12.8. The number of aromatic nitrogens is 1. The van der Waals surface area contributed by atoms with E-state index < -0.39 is 0 Å². The van der Waals surface area contributed by atoms with Crippen LogP contribution in [0.25, 0.3) is 0 Å². The fraction of sp³-hybridized carbons (Fsp3) is 0.545. The molecular weight excluding hydrogens is 174 g/mol. The molecule has 0 amide bonds. The number of rotatable bonds is 4. The van der Waals surface area contributed by atoms with Gasteiger partial charge in [-0.1, -0.05) is 26.3 Å². The van der Waals surface area contributed by atoms with Crippen LogP contribution in [0, 0.1) is 5.92 Å². The van der Waals surface area contributed by atoms with Gasteiger partial charge in [-0.05, 0) is 24.0 Å². The summed E-state index contributed by atoms with van der Waals surface area (Å²) in [4.78, 5) is 4.04. The summed E-state index contributed by atoms with van der Waals surface area (Å²) in [5.74, 6) is 1.13. The minimum atomic E-state index is 0.173. The molecule has 4 N–H and O–H groups in total. The Hall–Kier alpha value is -1.09. The van der Waals surface area contributed by atoms with Crippen LogP contribution in [0.4, 0.5) is 5.82 Å². The lowest BCUT2D eigenvalue weighted by molar-refractivity contribution is 0.440. The molecule has 0 saturated carbocycles. The highest BCUT2D eigenvalue weighted by atomic mass is 14.8. The molecule has 0 aromatic carbocycles. The Bertz CT molecular complexity index is 286. The van der Waals surface area contributed by atoms with Crippen molar-refractivity contribution in [2.24, 2.45) is 11.7 Å². The summed E-state index contributed by atoms with van der Waals surface area (Å²) in [7, 11) is 0. The Morgan fingerprint density at radius 2 is 2.21 bits per heavy atom. The van der Waals surface area contributed by atoms with Gasteiger partial charge in [0.1, 0.15) is 5.82 Å². The lowest BCUT2D eigenvalue weighted by atomic mass is 9.94. The molecule has 3 nitrogen and oxygen atoms in total. The lowest BCUT2D eigenvalue weighted by Crippen LogP contribution is -2.30. The Kier molecular flexibility index (Phi) is 3.89. The van der Waals surface area contributed by atoms with Crippen molar-refractivity contribution in [3.05, 3.63) is 23.9 Å². The highest BCUT2D eigenvalue weighted by molar-refractivity contribution is 5.38. The Morgan fingerprint density at radius 3 is 2.79 bits per heavy atom. The van der Waals surface area contributed by atoms with Gasteiger partial charge in [-0.3, -0.25) is 0 Å². The van der Waals surface area contributed by atoms with Crippen LogP contribution in [-0.2, 0) is 6.42 Å². The van der Waals surface area contributed by atoms with Crippen LogP contribution in [0.1, 0.15) is 25.8 Å². The molecule has 0 spiro atoms. The number of nitrogens with zero attached hydrogens (tertiary/aromatic N) is 1. The first kappa shape index (κ1) is 11.0. The van der Waals surface area contributed by atoms with E-state index in [0.29, 0.717) is 11.7 Å². The van der Waals surface area contributed by atoms with Crippen molar-refractivity contribution in [3.8, 4) is 0 Å². The summed E-state index contributed by atoms with van der Waals surface area (Å²) >= 11 is 0. The molecule has 0 fully saturated rings. The van der Waals surface area contributed by atoms with E-state index in [2.05, 4.69) is 18.8 Å². The van der Waals surface area contributed by atoms with Gasteiger partial charge in [0.2, 0.25) is 0 Å². The second-order valence-corrected chi connectivity index (χ2v) is 3.80. The van der Waals surface area contributed by atoms with Gasteiger partial charge in [0.15, 0.2) is 0 Å². The largest absolute Gasteiger partial charge is 0.383 e. The van der Waals surface area contributed by atoms with E-state index in [1.165, 1.54) is 0 Å². The first-order valence-corrected chi connectivity index (χ1v) is 5.10. The molecule has 0 aliphatic heterocycles. The quantitative estimate of drug-likeness (QED) is 0.763. The van der Waals surface area contributed by atoms with Gasteiger partial charge in [-0.15, -0.1) is 0 Å². The summed E-state index contributed by atoms with van der Waals surface area (Å²) < 4.78 is 0. The number of hydrogen-bond donors (Lipinski definition) is 2. The third kappa shape index (κ3) is 2.70. The van der Waals surface area contributed by atoms with Gasteiger partial charge in [0.25, 0.3) is 0 Å². The molecule has 14 heavy (non-hydrogen) atoms. The van der Waals surface area contributed by atoms with E-state index >= 15 is 0 Å². The molecule has 0 radical (unpaired) electrons. The van der Waals surface area contributed by atoms with Crippen molar-refractivity contribution in [1.82, 2.24) is 4.98 Å². The van der Waals surface area contributed by atoms with Crippen LogP contribution in [0.5, 0.6) is 0 Å². The fourth-order valence-corrected chi connectivity index (χ4v) is 1.38. The minimum absolute atomic E-state index is 0.173. The predicted molar refractivity (Wildman–Crippen MR) is 59.8 cm³/mol. The summed E-state index contributed by atoms with van der Waals surface area (Å²) in [5, 5.41) is 0. The van der Waals surface area contributed by atoms with Crippen LogP contribution in [-0.4, -0.2) is 11.0 Å². The normalized spacial score (nSPS) is 15.1. The van der Waals surface area contributed by atoms with E-state index in [1.807, 2.05) is 12.1 Å². The maximum Gasteiger partial charge on any atom is 0.126 e. The molecule has 1 aromatic rings. The van der Waals surface area contributed by atoms with E-state index in [1.54, 1.807) is 6.20 Å². The summed E-state index contributed by atoms with van der Waals surface area (Å²) in [6.45, 7) is 4.31. The Labute approximate surface area is 85.5 Å². The highest BCUT2D eigenvalue weighted by Gasteiger charge is 2.12. The molecule has 0 aliphatic carbocycles. The van der Waals surface area contributed by atoms with Gasteiger partial charge < -0.3 is 11.5 Å². The zero-order valence-corrected chi connectivity index (χ0v) is 8.90. The van der Waals surface area contributed by atoms with Gasteiger partial charge in [0, 0.05) is 12.2 Å². The van der Waals surface area contributed by atoms with E-state index in [-0.39, 0.29) is 6.04 Å². The molecule has 1 heterocycles. The topological polar surface area (TPSA) is 64.9 Å².